The van der Waals surface area contributed by atoms with Crippen molar-refractivity contribution in [2.75, 3.05) is 25.0 Å². The van der Waals surface area contributed by atoms with Gasteiger partial charge >= 0.3 is 0 Å². The van der Waals surface area contributed by atoms with Crippen LogP contribution in [0.2, 0.25) is 0 Å². The van der Waals surface area contributed by atoms with Gasteiger partial charge in [-0.05, 0) is 18.2 Å². The predicted molar refractivity (Wildman–Crippen MR) is 69.6 cm³/mol. The molecule has 2 aliphatic rings. The fourth-order valence-corrected chi connectivity index (χ4v) is 2.17. The second-order valence-electron chi connectivity index (χ2n) is 4.68. The number of rotatable bonds is 1. The zero-order valence-corrected chi connectivity index (χ0v) is 10.8. The lowest BCUT2D eigenvalue weighted by atomic mass is 10.1. The first-order chi connectivity index (χ1) is 10.0. The highest BCUT2D eigenvalue weighted by Crippen LogP contribution is 2.29. The van der Waals surface area contributed by atoms with Gasteiger partial charge in [-0.15, -0.1) is 0 Å². The van der Waals surface area contributed by atoms with Crippen LogP contribution in [0.1, 0.15) is 10.4 Å². The largest absolute Gasteiger partial charge is 0.482 e. The number of piperazine rings is 1. The highest BCUT2D eigenvalue weighted by Gasteiger charge is 2.28. The van der Waals surface area contributed by atoms with Gasteiger partial charge in [-0.25, -0.2) is 0 Å². The molecule has 2 heterocycles. The average Bonchev–Trinajstić information content (AvgIpc) is 2.45. The Morgan fingerprint density at radius 3 is 2.48 bits per heavy atom. The molecule has 21 heavy (non-hydrogen) atoms. The van der Waals surface area contributed by atoms with Crippen molar-refractivity contribution in [2.24, 2.45) is 0 Å². The fraction of sp³-hybridized carbons (Fsp3) is 0.231. The van der Waals surface area contributed by atoms with Crippen LogP contribution in [0.5, 0.6) is 5.75 Å². The number of carbonyl (C=O) groups excluding carboxylic acids is 4. The zero-order chi connectivity index (χ0) is 15.0. The summed E-state index contributed by atoms with van der Waals surface area (Å²) in [6.45, 7) is -0.451. The van der Waals surface area contributed by atoms with E-state index in [1.807, 2.05) is 0 Å². The summed E-state index contributed by atoms with van der Waals surface area (Å²) in [6.07, 6.45) is 0. The summed E-state index contributed by atoms with van der Waals surface area (Å²) in [6, 6.07) is 4.53. The molecule has 0 unspecified atom stereocenters. The van der Waals surface area contributed by atoms with Gasteiger partial charge in [0.05, 0.1) is 5.69 Å². The molecule has 2 N–H and O–H groups in total. The number of nitrogens with one attached hydrogen (secondary N) is 2. The Labute approximate surface area is 119 Å². The van der Waals surface area contributed by atoms with Crippen LogP contribution in [-0.2, 0) is 14.4 Å². The van der Waals surface area contributed by atoms with Crippen LogP contribution in [0.4, 0.5) is 5.69 Å². The summed E-state index contributed by atoms with van der Waals surface area (Å²) in [4.78, 5) is 47.2. The zero-order valence-electron chi connectivity index (χ0n) is 10.8. The number of amides is 4. The molecule has 4 amide bonds. The van der Waals surface area contributed by atoms with Crippen molar-refractivity contribution < 1.29 is 23.9 Å². The molecule has 0 bridgehead atoms. The number of carbonyl (C=O) groups is 4. The molecule has 0 atom stereocenters. The number of imide groups is 1. The molecule has 0 saturated carbocycles. The Bertz CT molecular complexity index is 654. The highest BCUT2D eigenvalue weighted by molar-refractivity contribution is 6.06. The Morgan fingerprint density at radius 2 is 1.76 bits per heavy atom. The predicted octanol–water partition coefficient (Wildman–Crippen LogP) is -0.884. The molecular formula is C13H11N3O5. The van der Waals surface area contributed by atoms with Gasteiger partial charge in [0, 0.05) is 5.56 Å². The minimum atomic E-state index is -0.513. The number of nitrogens with zero attached hydrogens (tertiary/aromatic N) is 1. The van der Waals surface area contributed by atoms with Gasteiger partial charge in [-0.1, -0.05) is 0 Å². The molecule has 8 nitrogen and oxygen atoms in total. The van der Waals surface area contributed by atoms with Gasteiger partial charge < -0.3 is 15.0 Å². The number of fused-ring (bicyclic) bond motifs is 1. The highest BCUT2D eigenvalue weighted by atomic mass is 16.5. The lowest BCUT2D eigenvalue weighted by Gasteiger charge is -2.26. The number of hydrogen-bond acceptors (Lipinski definition) is 5. The molecule has 8 heteroatoms. The minimum Gasteiger partial charge on any atom is -0.482 e. The normalized spacial score (nSPS) is 17.5. The summed E-state index contributed by atoms with van der Waals surface area (Å²) in [7, 11) is 0. The van der Waals surface area contributed by atoms with Gasteiger partial charge in [0.25, 0.3) is 11.8 Å². The van der Waals surface area contributed by atoms with E-state index in [0.717, 1.165) is 4.90 Å². The molecule has 0 aromatic heterocycles. The Kier molecular flexibility index (Phi) is 3.05. The van der Waals surface area contributed by atoms with Gasteiger partial charge in [0.2, 0.25) is 11.8 Å². The van der Waals surface area contributed by atoms with Crippen molar-refractivity contribution in [3.05, 3.63) is 23.8 Å². The first kappa shape index (κ1) is 13.1. The lowest BCUT2D eigenvalue weighted by molar-refractivity contribution is -0.135. The van der Waals surface area contributed by atoms with Crippen molar-refractivity contribution in [2.45, 2.75) is 0 Å². The summed E-state index contributed by atoms with van der Waals surface area (Å²) >= 11 is 0. The minimum absolute atomic E-state index is 0.116. The van der Waals surface area contributed by atoms with Crippen LogP contribution in [-0.4, -0.2) is 48.2 Å². The van der Waals surface area contributed by atoms with Gasteiger partial charge in [-0.2, -0.15) is 0 Å². The van der Waals surface area contributed by atoms with Crippen molar-refractivity contribution in [3.8, 4) is 5.75 Å². The first-order valence-corrected chi connectivity index (χ1v) is 6.21. The number of hydrogen-bond donors (Lipinski definition) is 2. The molecule has 2 aliphatic heterocycles. The van der Waals surface area contributed by atoms with E-state index in [1.54, 1.807) is 6.07 Å². The molecule has 1 aromatic carbocycles. The summed E-state index contributed by atoms with van der Waals surface area (Å²) in [5, 5.41) is 4.74. The topological polar surface area (TPSA) is 105 Å². The average molecular weight is 289 g/mol. The Hall–Kier alpha value is -2.90. The maximum absolute atomic E-state index is 12.3. The van der Waals surface area contributed by atoms with E-state index in [-0.39, 0.29) is 31.2 Å². The second-order valence-corrected chi connectivity index (χ2v) is 4.68. The van der Waals surface area contributed by atoms with Gasteiger partial charge in [0.15, 0.2) is 6.61 Å². The fourth-order valence-electron chi connectivity index (χ4n) is 2.17. The van der Waals surface area contributed by atoms with E-state index in [9.17, 15) is 19.2 Å². The third-order valence-corrected chi connectivity index (χ3v) is 3.10. The first-order valence-electron chi connectivity index (χ1n) is 6.21. The maximum atomic E-state index is 12.3. The van der Waals surface area contributed by atoms with Crippen molar-refractivity contribution in [1.82, 2.24) is 10.2 Å². The van der Waals surface area contributed by atoms with Gasteiger partial charge in [0.1, 0.15) is 18.8 Å². The van der Waals surface area contributed by atoms with E-state index < -0.39 is 17.7 Å². The smallest absolute Gasteiger partial charge is 0.262 e. The third-order valence-electron chi connectivity index (χ3n) is 3.10. The van der Waals surface area contributed by atoms with Crippen LogP contribution in [0.15, 0.2) is 18.2 Å². The van der Waals surface area contributed by atoms with E-state index in [4.69, 9.17) is 4.74 Å². The van der Waals surface area contributed by atoms with Crippen molar-refractivity contribution >= 4 is 29.3 Å². The molecule has 1 fully saturated rings. The van der Waals surface area contributed by atoms with Crippen LogP contribution in [0, 0.1) is 0 Å². The van der Waals surface area contributed by atoms with Gasteiger partial charge in [-0.3, -0.25) is 24.5 Å². The molecule has 0 radical (unpaired) electrons. The molecular weight excluding hydrogens is 278 g/mol. The quantitative estimate of drug-likeness (QED) is 0.653. The van der Waals surface area contributed by atoms with E-state index in [2.05, 4.69) is 10.6 Å². The lowest BCUT2D eigenvalue weighted by Crippen LogP contribution is -2.53. The SMILES string of the molecule is O=C1CN(C(=O)c2ccc3c(c2)OCC(=O)N3)CC(=O)N1. The van der Waals surface area contributed by atoms with E-state index in [1.165, 1.54) is 12.1 Å². The summed E-state index contributed by atoms with van der Waals surface area (Å²) in [5.41, 5.74) is 0.766. The van der Waals surface area contributed by atoms with Crippen molar-refractivity contribution in [3.63, 3.8) is 0 Å². The molecule has 3 rings (SSSR count). The Balaban J connectivity index is 1.83. The van der Waals surface area contributed by atoms with Crippen molar-refractivity contribution in [1.29, 1.82) is 0 Å². The standard InChI is InChI=1S/C13H11N3O5/c17-10-4-16(5-11(18)15-10)13(20)7-1-2-8-9(3-7)21-6-12(19)14-8/h1-3H,4-6H2,(H,14,19)(H,15,17,18). The summed E-state index contributed by atoms with van der Waals surface area (Å²) in [5.74, 6) is -1.35. The van der Waals surface area contributed by atoms with Crippen LogP contribution >= 0.6 is 0 Å². The number of ether oxygens (including phenoxy) is 1. The number of benzene rings is 1. The van der Waals surface area contributed by atoms with Crippen LogP contribution in [0.3, 0.4) is 0 Å². The Morgan fingerprint density at radius 1 is 1.05 bits per heavy atom. The second kappa shape index (κ2) is 4.89. The molecule has 1 saturated heterocycles. The van der Waals surface area contributed by atoms with Crippen LogP contribution in [0.25, 0.3) is 0 Å². The maximum Gasteiger partial charge on any atom is 0.262 e. The molecule has 1 aromatic rings. The molecule has 0 aliphatic carbocycles. The number of anilines is 1. The third kappa shape index (κ3) is 2.55. The summed E-state index contributed by atoms with van der Waals surface area (Å²) < 4.78 is 5.23. The van der Waals surface area contributed by atoms with E-state index >= 15 is 0 Å². The van der Waals surface area contributed by atoms with E-state index in [0.29, 0.717) is 11.4 Å². The molecule has 108 valence electrons. The monoisotopic (exact) mass is 289 g/mol. The van der Waals surface area contributed by atoms with Crippen LogP contribution < -0.4 is 15.4 Å². The molecule has 0 spiro atoms.